The Kier molecular flexibility index (Phi) is 4.13. The molecule has 3 rings (SSSR count). The van der Waals surface area contributed by atoms with E-state index in [1.807, 2.05) is 0 Å². The van der Waals surface area contributed by atoms with Crippen LogP contribution in [0.25, 0.3) is 10.7 Å². The number of aromatic nitrogens is 2. The summed E-state index contributed by atoms with van der Waals surface area (Å²) in [6, 6.07) is 3.38. The highest BCUT2D eigenvalue weighted by molar-refractivity contribution is 7.15. The number of carbonyl (C=O) groups excluding carboxylic acids is 1. The number of alkyl halides is 3. The van der Waals surface area contributed by atoms with Crippen LogP contribution in [-0.4, -0.2) is 28.0 Å². The molecule has 0 aromatic carbocycles. The van der Waals surface area contributed by atoms with E-state index in [1.165, 1.54) is 11.3 Å². The molecule has 0 atom stereocenters. The number of hydrogen-bond donors (Lipinski definition) is 0. The van der Waals surface area contributed by atoms with E-state index in [1.54, 1.807) is 24.1 Å². The summed E-state index contributed by atoms with van der Waals surface area (Å²) in [7, 11) is 1.72. The van der Waals surface area contributed by atoms with Crippen molar-refractivity contribution < 1.29 is 22.5 Å². The summed E-state index contributed by atoms with van der Waals surface area (Å²) in [5.41, 5.74) is 0. The average molecular weight is 345 g/mol. The van der Waals surface area contributed by atoms with Gasteiger partial charge in [0.05, 0.1) is 11.4 Å². The maximum Gasteiger partial charge on any atom is 0.471 e. The molecule has 9 heteroatoms. The minimum atomic E-state index is -4.65. The lowest BCUT2D eigenvalue weighted by atomic mass is 10.2. The summed E-state index contributed by atoms with van der Waals surface area (Å²) in [5, 5.41) is 3.35. The predicted molar refractivity (Wildman–Crippen MR) is 76.4 cm³/mol. The third kappa shape index (κ3) is 3.90. The smallest absolute Gasteiger partial charge is 0.341 e. The normalized spacial score (nSPS) is 15.0. The van der Waals surface area contributed by atoms with Crippen molar-refractivity contribution in [2.24, 2.45) is 5.92 Å². The van der Waals surface area contributed by atoms with Gasteiger partial charge in [-0.25, -0.2) is 0 Å². The van der Waals surface area contributed by atoms with Crippen molar-refractivity contribution in [2.75, 3.05) is 7.05 Å². The molecule has 0 aliphatic heterocycles. The lowest BCUT2D eigenvalue weighted by molar-refractivity contribution is -0.159. The second kappa shape index (κ2) is 5.95. The van der Waals surface area contributed by atoms with Crippen LogP contribution in [0.2, 0.25) is 0 Å². The first-order chi connectivity index (χ1) is 10.8. The fourth-order valence-electron chi connectivity index (χ4n) is 2.07. The van der Waals surface area contributed by atoms with Crippen molar-refractivity contribution in [2.45, 2.75) is 32.0 Å². The number of thiophene rings is 1. The molecule has 0 radical (unpaired) electrons. The summed E-state index contributed by atoms with van der Waals surface area (Å²) < 4.78 is 41.6. The molecule has 0 spiro atoms. The van der Waals surface area contributed by atoms with Gasteiger partial charge in [0.1, 0.15) is 0 Å². The zero-order valence-corrected chi connectivity index (χ0v) is 13.1. The largest absolute Gasteiger partial charge is 0.471 e. The first kappa shape index (κ1) is 16.0. The Morgan fingerprint density at radius 2 is 2.17 bits per heavy atom. The number of carbonyl (C=O) groups is 1. The minimum Gasteiger partial charge on any atom is -0.341 e. The molecule has 1 aliphatic carbocycles. The second-order valence-corrected chi connectivity index (χ2v) is 6.75. The van der Waals surface area contributed by atoms with Gasteiger partial charge in [-0.15, -0.1) is 11.3 Å². The lowest BCUT2D eigenvalue weighted by Gasteiger charge is -2.15. The van der Waals surface area contributed by atoms with Crippen molar-refractivity contribution in [3.8, 4) is 10.7 Å². The van der Waals surface area contributed by atoms with Crippen LogP contribution in [0, 0.1) is 5.92 Å². The van der Waals surface area contributed by atoms with E-state index in [4.69, 9.17) is 0 Å². The predicted octanol–water partition coefficient (Wildman–Crippen LogP) is 3.58. The average Bonchev–Trinajstić information content (AvgIpc) is 2.98. The summed E-state index contributed by atoms with van der Waals surface area (Å²) >= 11 is 1.24. The SMILES string of the molecule is CN(Cc1ccc(-c2noc(C(F)(F)F)n2)s1)C(=O)CC1CC1. The fraction of sp³-hybridized carbons (Fsp3) is 0.500. The van der Waals surface area contributed by atoms with Crippen LogP contribution in [0.1, 0.15) is 30.0 Å². The van der Waals surface area contributed by atoms with E-state index in [0.29, 0.717) is 23.8 Å². The Morgan fingerprint density at radius 1 is 1.43 bits per heavy atom. The second-order valence-electron chi connectivity index (χ2n) is 5.58. The Hall–Kier alpha value is -1.90. The number of hydrogen-bond acceptors (Lipinski definition) is 5. The van der Waals surface area contributed by atoms with Gasteiger partial charge in [0, 0.05) is 18.3 Å². The van der Waals surface area contributed by atoms with Gasteiger partial charge < -0.3 is 9.42 Å². The van der Waals surface area contributed by atoms with Crippen molar-refractivity contribution in [1.29, 1.82) is 0 Å². The van der Waals surface area contributed by atoms with Gasteiger partial charge >= 0.3 is 12.1 Å². The van der Waals surface area contributed by atoms with Crippen molar-refractivity contribution in [3.05, 3.63) is 22.9 Å². The van der Waals surface area contributed by atoms with Gasteiger partial charge in [-0.3, -0.25) is 4.79 Å². The van der Waals surface area contributed by atoms with E-state index in [-0.39, 0.29) is 11.7 Å². The third-order valence-electron chi connectivity index (χ3n) is 3.53. The molecule has 2 aromatic rings. The van der Waals surface area contributed by atoms with E-state index < -0.39 is 12.1 Å². The summed E-state index contributed by atoms with van der Waals surface area (Å²) in [6.07, 6.45) is -1.86. The van der Waals surface area contributed by atoms with Crippen LogP contribution in [0.5, 0.6) is 0 Å². The maximum atomic E-state index is 12.5. The highest BCUT2D eigenvalue weighted by atomic mass is 32.1. The van der Waals surface area contributed by atoms with Crippen LogP contribution in [0.15, 0.2) is 16.7 Å². The fourth-order valence-corrected chi connectivity index (χ4v) is 3.06. The summed E-state index contributed by atoms with van der Waals surface area (Å²) in [5.74, 6) is -0.856. The molecule has 1 saturated carbocycles. The zero-order chi connectivity index (χ0) is 16.6. The van der Waals surface area contributed by atoms with Crippen LogP contribution >= 0.6 is 11.3 Å². The summed E-state index contributed by atoms with van der Waals surface area (Å²) in [4.78, 5) is 18.3. The quantitative estimate of drug-likeness (QED) is 0.831. The number of rotatable bonds is 5. The van der Waals surface area contributed by atoms with E-state index in [9.17, 15) is 18.0 Å². The molecule has 1 amide bonds. The highest BCUT2D eigenvalue weighted by Crippen LogP contribution is 2.34. The van der Waals surface area contributed by atoms with Gasteiger partial charge in [0.25, 0.3) is 0 Å². The Labute approximate surface area is 134 Å². The maximum absolute atomic E-state index is 12.5. The molecule has 5 nitrogen and oxygen atoms in total. The van der Waals surface area contributed by atoms with Crippen LogP contribution in [-0.2, 0) is 17.5 Å². The van der Waals surface area contributed by atoms with Gasteiger partial charge in [-0.05, 0) is 30.9 Å². The lowest BCUT2D eigenvalue weighted by Crippen LogP contribution is -2.25. The highest BCUT2D eigenvalue weighted by Gasteiger charge is 2.38. The molecule has 0 unspecified atom stereocenters. The molecular weight excluding hydrogens is 331 g/mol. The topological polar surface area (TPSA) is 59.2 Å². The van der Waals surface area contributed by atoms with Crippen LogP contribution in [0.4, 0.5) is 13.2 Å². The molecule has 23 heavy (non-hydrogen) atoms. The molecule has 1 aliphatic rings. The first-order valence-corrected chi connectivity index (χ1v) is 7.88. The van der Waals surface area contributed by atoms with Crippen LogP contribution in [0.3, 0.4) is 0 Å². The molecule has 0 bridgehead atoms. The van der Waals surface area contributed by atoms with E-state index >= 15 is 0 Å². The van der Waals surface area contributed by atoms with E-state index in [2.05, 4.69) is 14.7 Å². The molecule has 1 fully saturated rings. The van der Waals surface area contributed by atoms with Crippen molar-refractivity contribution >= 4 is 17.2 Å². The van der Waals surface area contributed by atoms with Gasteiger partial charge in [-0.1, -0.05) is 5.16 Å². The number of halogens is 3. The minimum absolute atomic E-state index is 0.0846. The Bertz CT molecular complexity index is 706. The molecule has 0 N–H and O–H groups in total. The van der Waals surface area contributed by atoms with Crippen LogP contribution < -0.4 is 0 Å². The molecule has 0 saturated heterocycles. The number of nitrogens with zero attached hydrogens (tertiary/aromatic N) is 3. The van der Waals surface area contributed by atoms with Gasteiger partial charge in [0.15, 0.2) is 0 Å². The molecule has 2 aromatic heterocycles. The zero-order valence-electron chi connectivity index (χ0n) is 12.3. The third-order valence-corrected chi connectivity index (χ3v) is 4.60. The van der Waals surface area contributed by atoms with E-state index in [0.717, 1.165) is 17.7 Å². The standard InChI is InChI=1S/C14H14F3N3O2S/c1-20(11(21)6-8-2-3-8)7-9-4-5-10(23-9)12-18-13(22-19-12)14(15,16)17/h4-5,8H,2-3,6-7H2,1H3. The first-order valence-electron chi connectivity index (χ1n) is 7.07. The molecule has 124 valence electrons. The monoisotopic (exact) mass is 345 g/mol. The Morgan fingerprint density at radius 3 is 2.78 bits per heavy atom. The Balaban J connectivity index is 1.65. The van der Waals surface area contributed by atoms with Crippen molar-refractivity contribution in [3.63, 3.8) is 0 Å². The van der Waals surface area contributed by atoms with Gasteiger partial charge in [-0.2, -0.15) is 18.2 Å². The van der Waals surface area contributed by atoms with Crippen molar-refractivity contribution in [1.82, 2.24) is 15.0 Å². The molecule has 2 heterocycles. The number of amides is 1. The molecular formula is C14H14F3N3O2S. The summed E-state index contributed by atoms with van der Waals surface area (Å²) in [6.45, 7) is 0.417. The van der Waals surface area contributed by atoms with Gasteiger partial charge in [0.2, 0.25) is 11.7 Å².